The zero-order valence-corrected chi connectivity index (χ0v) is 15.4. The number of methoxy groups -OCH3 is 1. The van der Waals surface area contributed by atoms with Crippen LogP contribution in [0.4, 0.5) is 5.69 Å². The van der Waals surface area contributed by atoms with Crippen LogP contribution in [0.1, 0.15) is 17.5 Å². The van der Waals surface area contributed by atoms with Gasteiger partial charge in [0.2, 0.25) is 11.8 Å². The molecule has 0 aliphatic carbocycles. The zero-order chi connectivity index (χ0) is 18.5. The molecule has 0 fully saturated rings. The largest absolute Gasteiger partial charge is 0.495 e. The number of carbonyl (C=O) groups excluding carboxylic acids is 2. The number of fused-ring (bicyclic) bond motifs is 1. The van der Waals surface area contributed by atoms with E-state index in [2.05, 4.69) is 5.32 Å². The minimum absolute atomic E-state index is 0.0168. The molecule has 26 heavy (non-hydrogen) atoms. The molecule has 0 unspecified atom stereocenters. The van der Waals surface area contributed by atoms with Crippen LogP contribution in [0.25, 0.3) is 0 Å². The average molecular weight is 373 g/mol. The lowest BCUT2D eigenvalue weighted by Gasteiger charge is -2.29. The Hall–Kier alpha value is -2.53. The number of amides is 2. The first-order valence-electron chi connectivity index (χ1n) is 8.56. The van der Waals surface area contributed by atoms with Gasteiger partial charge in [-0.25, -0.2) is 0 Å². The maximum absolute atomic E-state index is 12.5. The highest BCUT2D eigenvalue weighted by Gasteiger charge is 2.22. The molecule has 0 atom stereocenters. The number of nitrogens with one attached hydrogen (secondary N) is 1. The zero-order valence-electron chi connectivity index (χ0n) is 14.6. The molecule has 136 valence electrons. The lowest BCUT2D eigenvalue weighted by Crippen LogP contribution is -2.43. The van der Waals surface area contributed by atoms with E-state index >= 15 is 0 Å². The summed E-state index contributed by atoms with van der Waals surface area (Å²) in [6, 6.07) is 13.1. The van der Waals surface area contributed by atoms with Crippen molar-refractivity contribution in [3.63, 3.8) is 0 Å². The summed E-state index contributed by atoms with van der Waals surface area (Å²) >= 11 is 6.07. The summed E-state index contributed by atoms with van der Waals surface area (Å²) in [6.07, 6.45) is 2.07. The predicted octanol–water partition coefficient (Wildman–Crippen LogP) is 2.99. The van der Waals surface area contributed by atoms with Crippen LogP contribution in [0.3, 0.4) is 0 Å². The fourth-order valence-corrected chi connectivity index (χ4v) is 3.41. The number of hydrogen-bond donors (Lipinski definition) is 1. The van der Waals surface area contributed by atoms with Gasteiger partial charge in [-0.1, -0.05) is 35.9 Å². The van der Waals surface area contributed by atoms with Crippen LogP contribution in [-0.4, -0.2) is 32.0 Å². The van der Waals surface area contributed by atoms with E-state index in [1.54, 1.807) is 23.1 Å². The summed E-state index contributed by atoms with van der Waals surface area (Å²) in [5, 5.41) is 3.16. The normalized spacial score (nSPS) is 13.1. The number of benzene rings is 2. The quantitative estimate of drug-likeness (QED) is 0.877. The first kappa shape index (κ1) is 18.3. The third-order valence-electron chi connectivity index (χ3n) is 4.43. The van der Waals surface area contributed by atoms with Crippen molar-refractivity contribution in [2.45, 2.75) is 19.3 Å². The molecule has 0 spiro atoms. The summed E-state index contributed by atoms with van der Waals surface area (Å²) < 4.78 is 5.10. The van der Waals surface area contributed by atoms with E-state index < -0.39 is 0 Å². The van der Waals surface area contributed by atoms with E-state index in [9.17, 15) is 9.59 Å². The van der Waals surface area contributed by atoms with Gasteiger partial charge in [-0.15, -0.1) is 0 Å². The predicted molar refractivity (Wildman–Crippen MR) is 102 cm³/mol. The molecule has 1 aliphatic rings. The van der Waals surface area contributed by atoms with Gasteiger partial charge in [0.05, 0.1) is 25.1 Å². The fraction of sp³-hybridized carbons (Fsp3) is 0.300. The summed E-state index contributed by atoms with van der Waals surface area (Å²) in [5.74, 6) is 0.248. The Kier molecular flexibility index (Phi) is 5.78. The maximum atomic E-state index is 12.5. The van der Waals surface area contributed by atoms with Gasteiger partial charge in [-0.05, 0) is 42.2 Å². The lowest BCUT2D eigenvalue weighted by atomic mass is 10.0. The number of ether oxygens (including phenoxy) is 1. The molecule has 0 aromatic heterocycles. The highest BCUT2D eigenvalue weighted by atomic mass is 35.5. The van der Waals surface area contributed by atoms with Crippen LogP contribution in [0.2, 0.25) is 5.02 Å². The highest BCUT2D eigenvalue weighted by molar-refractivity contribution is 6.32. The van der Waals surface area contributed by atoms with Crippen LogP contribution in [-0.2, 0) is 22.4 Å². The molecular weight excluding hydrogens is 352 g/mol. The third-order valence-corrected chi connectivity index (χ3v) is 4.72. The van der Waals surface area contributed by atoms with Gasteiger partial charge < -0.3 is 15.0 Å². The van der Waals surface area contributed by atoms with Crippen molar-refractivity contribution in [2.75, 3.05) is 25.1 Å². The molecule has 2 aromatic rings. The molecule has 3 rings (SSSR count). The Morgan fingerprint density at radius 3 is 2.81 bits per heavy atom. The van der Waals surface area contributed by atoms with Crippen molar-refractivity contribution in [3.05, 3.63) is 58.6 Å². The Morgan fingerprint density at radius 1 is 1.23 bits per heavy atom. The number of rotatable bonds is 5. The van der Waals surface area contributed by atoms with Gasteiger partial charge in [-0.2, -0.15) is 0 Å². The van der Waals surface area contributed by atoms with Crippen molar-refractivity contribution in [1.82, 2.24) is 5.32 Å². The first-order chi connectivity index (χ1) is 12.6. The number of aryl methyl sites for hydroxylation is 1. The molecule has 1 heterocycles. The van der Waals surface area contributed by atoms with E-state index in [4.69, 9.17) is 16.3 Å². The summed E-state index contributed by atoms with van der Waals surface area (Å²) in [4.78, 5) is 26.4. The molecule has 5 nitrogen and oxygen atoms in total. The van der Waals surface area contributed by atoms with Crippen LogP contribution in [0, 0.1) is 0 Å². The first-order valence-corrected chi connectivity index (χ1v) is 8.93. The van der Waals surface area contributed by atoms with E-state index in [1.165, 1.54) is 12.7 Å². The fourth-order valence-electron chi connectivity index (χ4n) is 3.13. The SMILES string of the molecule is COc1ccc(CC(=O)NCC(=O)N2CCCc3ccccc32)cc1Cl. The van der Waals surface area contributed by atoms with Crippen LogP contribution in [0.5, 0.6) is 5.75 Å². The third kappa shape index (κ3) is 4.17. The van der Waals surface area contributed by atoms with E-state index in [0.717, 1.165) is 24.1 Å². The van der Waals surface area contributed by atoms with E-state index in [0.29, 0.717) is 17.3 Å². The second kappa shape index (κ2) is 8.23. The molecule has 1 aliphatic heterocycles. The molecule has 0 radical (unpaired) electrons. The number of nitrogens with zero attached hydrogens (tertiary/aromatic N) is 1. The number of hydrogen-bond acceptors (Lipinski definition) is 3. The van der Waals surface area contributed by atoms with Gasteiger partial charge in [0.25, 0.3) is 0 Å². The second-order valence-corrected chi connectivity index (χ2v) is 6.61. The topological polar surface area (TPSA) is 58.6 Å². The van der Waals surface area contributed by atoms with Gasteiger partial charge in [-0.3, -0.25) is 9.59 Å². The monoisotopic (exact) mass is 372 g/mol. The number of halogens is 1. The van der Waals surface area contributed by atoms with Gasteiger partial charge in [0.1, 0.15) is 5.75 Å². The van der Waals surface area contributed by atoms with Crippen molar-refractivity contribution < 1.29 is 14.3 Å². The van der Waals surface area contributed by atoms with Gasteiger partial charge in [0.15, 0.2) is 0 Å². The Balaban J connectivity index is 1.56. The molecule has 6 heteroatoms. The van der Waals surface area contributed by atoms with E-state index in [1.807, 2.05) is 24.3 Å². The van der Waals surface area contributed by atoms with Crippen LogP contribution >= 0.6 is 11.6 Å². The molecule has 0 saturated heterocycles. The Morgan fingerprint density at radius 2 is 2.04 bits per heavy atom. The summed E-state index contributed by atoms with van der Waals surface area (Å²) in [6.45, 7) is 0.664. The average Bonchev–Trinajstić information content (AvgIpc) is 2.66. The Labute approximate surface area is 157 Å². The number of para-hydroxylation sites is 1. The minimum atomic E-state index is -0.218. The molecular formula is C20H21ClN2O3. The van der Waals surface area contributed by atoms with Crippen LogP contribution in [0.15, 0.2) is 42.5 Å². The molecule has 0 bridgehead atoms. The summed E-state index contributed by atoms with van der Waals surface area (Å²) in [7, 11) is 1.54. The minimum Gasteiger partial charge on any atom is -0.495 e. The molecule has 1 N–H and O–H groups in total. The molecule has 2 amide bonds. The highest BCUT2D eigenvalue weighted by Crippen LogP contribution is 2.27. The van der Waals surface area contributed by atoms with Crippen molar-refractivity contribution in [1.29, 1.82) is 0 Å². The van der Waals surface area contributed by atoms with Gasteiger partial charge >= 0.3 is 0 Å². The Bertz CT molecular complexity index is 822. The number of carbonyl (C=O) groups is 2. The second-order valence-electron chi connectivity index (χ2n) is 6.20. The maximum Gasteiger partial charge on any atom is 0.246 e. The molecule has 2 aromatic carbocycles. The van der Waals surface area contributed by atoms with E-state index in [-0.39, 0.29) is 24.8 Å². The van der Waals surface area contributed by atoms with Crippen molar-refractivity contribution >= 4 is 29.1 Å². The molecule has 0 saturated carbocycles. The van der Waals surface area contributed by atoms with Crippen molar-refractivity contribution in [3.8, 4) is 5.75 Å². The standard InChI is InChI=1S/C20H21ClN2O3/c1-26-18-9-8-14(11-16(18)21)12-19(24)22-13-20(25)23-10-4-6-15-5-2-3-7-17(15)23/h2-3,5,7-9,11H,4,6,10,12-13H2,1H3,(H,22,24). The van der Waals surface area contributed by atoms with Crippen LogP contribution < -0.4 is 15.0 Å². The van der Waals surface area contributed by atoms with Crippen molar-refractivity contribution in [2.24, 2.45) is 0 Å². The van der Waals surface area contributed by atoms with Gasteiger partial charge in [0, 0.05) is 12.2 Å². The lowest BCUT2D eigenvalue weighted by molar-refractivity contribution is -0.124. The smallest absolute Gasteiger partial charge is 0.246 e. The number of anilines is 1. The summed E-state index contributed by atoms with van der Waals surface area (Å²) in [5.41, 5.74) is 2.88.